The van der Waals surface area contributed by atoms with Crippen LogP contribution in [0.2, 0.25) is 0 Å². The number of imide groups is 1. The summed E-state index contributed by atoms with van der Waals surface area (Å²) in [6.45, 7) is 7.92. The van der Waals surface area contributed by atoms with E-state index in [-0.39, 0.29) is 17.8 Å². The van der Waals surface area contributed by atoms with Crippen molar-refractivity contribution in [2.45, 2.75) is 38.3 Å². The molecule has 0 aliphatic rings. The average Bonchev–Trinajstić information content (AvgIpc) is 2.74. The number of nitrogens with one attached hydrogen (secondary N) is 2. The van der Waals surface area contributed by atoms with Crippen LogP contribution in [-0.4, -0.2) is 39.5 Å². The summed E-state index contributed by atoms with van der Waals surface area (Å²) in [6.07, 6.45) is -0.738. The van der Waals surface area contributed by atoms with E-state index in [0.717, 1.165) is 17.6 Å². The van der Waals surface area contributed by atoms with Gasteiger partial charge in [0.25, 0.3) is 0 Å². The fourth-order valence-corrected chi connectivity index (χ4v) is 1.69. The number of carbonyl (C=O) groups is 2. The molecule has 0 bridgehead atoms. The molecule has 0 radical (unpaired) electrons. The van der Waals surface area contributed by atoms with Gasteiger partial charge in [-0.05, 0) is 6.92 Å². The van der Waals surface area contributed by atoms with Crippen LogP contribution in [0, 0.1) is 0 Å². The van der Waals surface area contributed by atoms with Gasteiger partial charge in [0.15, 0.2) is 0 Å². The molecule has 0 saturated heterocycles. The monoisotopic (exact) mass is 286 g/mol. The van der Waals surface area contributed by atoms with Crippen LogP contribution in [0.25, 0.3) is 0 Å². The average molecular weight is 286 g/mol. The maximum absolute atomic E-state index is 11.4. The third-order valence-corrected chi connectivity index (χ3v) is 2.87. The van der Waals surface area contributed by atoms with Crippen LogP contribution in [-0.2, 0) is 14.9 Å². The summed E-state index contributed by atoms with van der Waals surface area (Å²) in [7, 11) is 0. The molecule has 8 heteroatoms. The first-order valence-corrected chi connectivity index (χ1v) is 6.83. The number of H-pyrrole nitrogens is 1. The van der Waals surface area contributed by atoms with Gasteiger partial charge >= 0.3 is 6.09 Å². The van der Waals surface area contributed by atoms with Crippen LogP contribution < -0.4 is 5.32 Å². The van der Waals surface area contributed by atoms with Gasteiger partial charge in [-0.2, -0.15) is 0 Å². The topological polar surface area (TPSA) is 97.0 Å². The minimum atomic E-state index is -0.738. The lowest BCUT2D eigenvalue weighted by Crippen LogP contribution is -2.32. The zero-order chi connectivity index (χ0) is 14.5. The van der Waals surface area contributed by atoms with Gasteiger partial charge in [-0.15, -0.1) is 5.10 Å². The Morgan fingerprint density at radius 1 is 1.42 bits per heavy atom. The Hall–Kier alpha value is -1.57. The third-order valence-electron chi connectivity index (χ3n) is 2.02. The Balaban J connectivity index is 2.42. The summed E-state index contributed by atoms with van der Waals surface area (Å²) in [5.74, 6) is 0.367. The highest BCUT2D eigenvalue weighted by Crippen LogP contribution is 2.20. The van der Waals surface area contributed by atoms with Crippen LogP contribution in [0.4, 0.5) is 4.79 Å². The lowest BCUT2D eigenvalue weighted by Gasteiger charge is -2.12. The highest BCUT2D eigenvalue weighted by molar-refractivity contribution is 7.99. The number of hydrogen-bond donors (Lipinski definition) is 2. The molecule has 1 aromatic heterocycles. The first kappa shape index (κ1) is 15.5. The second-order valence-corrected chi connectivity index (χ2v) is 5.72. The SMILES string of the molecule is CCOC(=O)NC(=O)CSc1n[nH]c(C(C)(C)C)n1. The van der Waals surface area contributed by atoms with Crippen LogP contribution in [0.1, 0.15) is 33.5 Å². The first-order valence-electron chi connectivity index (χ1n) is 5.85. The van der Waals surface area contributed by atoms with E-state index >= 15 is 0 Å². The standard InChI is InChI=1S/C11H18N4O3S/c1-5-18-10(17)12-7(16)6-19-9-13-8(14-15-9)11(2,3)4/h5-6H2,1-4H3,(H,12,16,17)(H,13,14,15). The van der Waals surface area contributed by atoms with E-state index in [1.165, 1.54) is 0 Å². The fraction of sp³-hybridized carbons (Fsp3) is 0.636. The van der Waals surface area contributed by atoms with Gasteiger partial charge in [-0.1, -0.05) is 32.5 Å². The second kappa shape index (κ2) is 6.55. The zero-order valence-corrected chi connectivity index (χ0v) is 12.3. The molecule has 19 heavy (non-hydrogen) atoms. The number of alkyl carbamates (subject to hydrolysis) is 1. The van der Waals surface area contributed by atoms with E-state index in [1.807, 2.05) is 20.8 Å². The molecule has 0 aromatic carbocycles. The van der Waals surface area contributed by atoms with Crippen LogP contribution in [0.5, 0.6) is 0 Å². The van der Waals surface area contributed by atoms with Gasteiger partial charge < -0.3 is 4.74 Å². The number of nitrogens with zero attached hydrogens (tertiary/aromatic N) is 2. The van der Waals surface area contributed by atoms with Gasteiger partial charge in [-0.25, -0.2) is 9.78 Å². The smallest absolute Gasteiger partial charge is 0.413 e. The predicted octanol–water partition coefficient (Wildman–Crippen LogP) is 1.47. The molecule has 0 aliphatic heterocycles. The summed E-state index contributed by atoms with van der Waals surface area (Å²) in [4.78, 5) is 26.7. The van der Waals surface area contributed by atoms with Crippen molar-refractivity contribution in [3.63, 3.8) is 0 Å². The van der Waals surface area contributed by atoms with E-state index in [4.69, 9.17) is 0 Å². The summed E-state index contributed by atoms with van der Waals surface area (Å²) >= 11 is 1.15. The van der Waals surface area contributed by atoms with Gasteiger partial charge in [-0.3, -0.25) is 15.2 Å². The molecule has 1 rings (SSSR count). The maximum atomic E-state index is 11.4. The highest BCUT2D eigenvalue weighted by Gasteiger charge is 2.19. The lowest BCUT2D eigenvalue weighted by atomic mass is 9.96. The second-order valence-electron chi connectivity index (χ2n) is 4.77. The minimum absolute atomic E-state index is 0.0558. The fourth-order valence-electron chi connectivity index (χ4n) is 1.09. The van der Waals surface area contributed by atoms with Gasteiger partial charge in [0, 0.05) is 5.41 Å². The Bertz CT molecular complexity index is 453. The van der Waals surface area contributed by atoms with E-state index in [1.54, 1.807) is 6.92 Å². The van der Waals surface area contributed by atoms with Crippen LogP contribution in [0.15, 0.2) is 5.16 Å². The molecular formula is C11H18N4O3S. The molecule has 7 nitrogen and oxygen atoms in total. The number of rotatable bonds is 4. The summed E-state index contributed by atoms with van der Waals surface area (Å²) < 4.78 is 4.60. The highest BCUT2D eigenvalue weighted by atomic mass is 32.2. The molecule has 0 saturated carbocycles. The largest absolute Gasteiger partial charge is 0.450 e. The molecule has 1 aromatic rings. The Labute approximate surface area is 115 Å². The number of amides is 2. The number of hydrogen-bond acceptors (Lipinski definition) is 6. The number of ether oxygens (including phenoxy) is 1. The zero-order valence-electron chi connectivity index (χ0n) is 11.4. The summed E-state index contributed by atoms with van der Waals surface area (Å²) in [5.41, 5.74) is -0.126. The van der Waals surface area contributed by atoms with Crippen molar-refractivity contribution in [1.82, 2.24) is 20.5 Å². The Kier molecular flexibility index (Phi) is 5.34. The quantitative estimate of drug-likeness (QED) is 0.813. The van der Waals surface area contributed by atoms with E-state index in [2.05, 4.69) is 25.2 Å². The number of aromatic nitrogens is 3. The third kappa shape index (κ3) is 5.29. The molecule has 0 unspecified atom stereocenters. The molecule has 0 aliphatic carbocycles. The molecule has 0 spiro atoms. The molecule has 0 atom stereocenters. The Morgan fingerprint density at radius 2 is 2.11 bits per heavy atom. The minimum Gasteiger partial charge on any atom is -0.450 e. The normalized spacial score (nSPS) is 11.2. The molecule has 2 amide bonds. The van der Waals surface area contributed by atoms with Crippen molar-refractivity contribution in [2.24, 2.45) is 0 Å². The van der Waals surface area contributed by atoms with Crippen molar-refractivity contribution >= 4 is 23.8 Å². The number of carbonyl (C=O) groups excluding carboxylic acids is 2. The summed E-state index contributed by atoms with van der Waals surface area (Å²) in [6, 6.07) is 0. The first-order chi connectivity index (χ1) is 8.82. The van der Waals surface area contributed by atoms with Gasteiger partial charge in [0.05, 0.1) is 12.4 Å². The molecule has 0 fully saturated rings. The summed E-state index contributed by atoms with van der Waals surface area (Å²) in [5, 5.41) is 9.40. The predicted molar refractivity (Wildman–Crippen MR) is 71.0 cm³/mol. The number of thioether (sulfide) groups is 1. The lowest BCUT2D eigenvalue weighted by molar-refractivity contribution is -0.117. The van der Waals surface area contributed by atoms with Crippen molar-refractivity contribution in [3.8, 4) is 0 Å². The van der Waals surface area contributed by atoms with Crippen molar-refractivity contribution in [2.75, 3.05) is 12.4 Å². The van der Waals surface area contributed by atoms with E-state index in [9.17, 15) is 9.59 Å². The van der Waals surface area contributed by atoms with Crippen molar-refractivity contribution in [3.05, 3.63) is 5.82 Å². The van der Waals surface area contributed by atoms with E-state index in [0.29, 0.717) is 5.16 Å². The molecule has 106 valence electrons. The van der Waals surface area contributed by atoms with E-state index < -0.39 is 12.0 Å². The van der Waals surface area contributed by atoms with Crippen molar-refractivity contribution in [1.29, 1.82) is 0 Å². The van der Waals surface area contributed by atoms with Crippen LogP contribution in [0.3, 0.4) is 0 Å². The van der Waals surface area contributed by atoms with Gasteiger partial charge in [0.2, 0.25) is 11.1 Å². The maximum Gasteiger partial charge on any atom is 0.413 e. The van der Waals surface area contributed by atoms with Crippen LogP contribution >= 0.6 is 11.8 Å². The van der Waals surface area contributed by atoms with Crippen molar-refractivity contribution < 1.29 is 14.3 Å². The molecular weight excluding hydrogens is 268 g/mol. The molecule has 1 heterocycles. The Morgan fingerprint density at radius 3 is 2.63 bits per heavy atom. The molecule has 2 N–H and O–H groups in total. The van der Waals surface area contributed by atoms with Gasteiger partial charge in [0.1, 0.15) is 5.82 Å². The number of aromatic amines is 1.